The number of hydrogen-bond acceptors (Lipinski definition) is 5. The van der Waals surface area contributed by atoms with E-state index in [1.165, 1.54) is 16.0 Å². The first-order valence-electron chi connectivity index (χ1n) is 12.1. The molecule has 2 amide bonds. The van der Waals surface area contributed by atoms with Gasteiger partial charge in [-0.05, 0) is 46.9 Å². The number of thiophene rings is 2. The minimum absolute atomic E-state index is 0.169. The van der Waals surface area contributed by atoms with Crippen molar-refractivity contribution in [3.63, 3.8) is 0 Å². The van der Waals surface area contributed by atoms with Crippen LogP contribution in [0.1, 0.15) is 39.8 Å². The first kappa shape index (κ1) is 23.3. The molecule has 2 aliphatic heterocycles. The van der Waals surface area contributed by atoms with Crippen LogP contribution in [0, 0.1) is 0 Å². The molecular formula is C27H31N3O2S2. The molecule has 0 bridgehead atoms. The topological polar surface area (TPSA) is 43.9 Å². The van der Waals surface area contributed by atoms with Crippen molar-refractivity contribution in [3.05, 3.63) is 80.2 Å². The SMILES string of the molecule is O=C(CCN1CCc2sccc2C1c1ccccc1)N1CCCN(C(=O)Cc2cccs2)CC1. The number of rotatable bonds is 6. The van der Waals surface area contributed by atoms with Crippen molar-refractivity contribution >= 4 is 34.5 Å². The summed E-state index contributed by atoms with van der Waals surface area (Å²) in [6.07, 6.45) is 2.88. The van der Waals surface area contributed by atoms with Gasteiger partial charge in [-0.25, -0.2) is 0 Å². The van der Waals surface area contributed by atoms with Crippen molar-refractivity contribution in [2.45, 2.75) is 31.7 Å². The zero-order valence-corrected chi connectivity index (χ0v) is 21.0. The van der Waals surface area contributed by atoms with E-state index in [1.54, 1.807) is 11.3 Å². The van der Waals surface area contributed by atoms with Crippen molar-refractivity contribution in [1.29, 1.82) is 0 Å². The van der Waals surface area contributed by atoms with E-state index in [4.69, 9.17) is 0 Å². The molecule has 1 fully saturated rings. The van der Waals surface area contributed by atoms with Gasteiger partial charge < -0.3 is 9.80 Å². The summed E-state index contributed by atoms with van der Waals surface area (Å²) >= 11 is 3.47. The number of carbonyl (C=O) groups is 2. The van der Waals surface area contributed by atoms with Crippen LogP contribution in [0.25, 0.3) is 0 Å². The fourth-order valence-electron chi connectivity index (χ4n) is 5.12. The van der Waals surface area contributed by atoms with E-state index in [-0.39, 0.29) is 17.9 Å². The predicted molar refractivity (Wildman–Crippen MR) is 138 cm³/mol. The Morgan fingerprint density at radius 3 is 2.38 bits per heavy atom. The highest BCUT2D eigenvalue weighted by atomic mass is 32.1. The quantitative estimate of drug-likeness (QED) is 0.510. The lowest BCUT2D eigenvalue weighted by Crippen LogP contribution is -2.41. The van der Waals surface area contributed by atoms with Gasteiger partial charge in [0.25, 0.3) is 0 Å². The average molecular weight is 494 g/mol. The summed E-state index contributed by atoms with van der Waals surface area (Å²) in [5, 5.41) is 4.20. The highest BCUT2D eigenvalue weighted by Gasteiger charge is 2.30. The lowest BCUT2D eigenvalue weighted by atomic mass is 9.93. The average Bonchev–Trinajstić information content (AvgIpc) is 3.49. The summed E-state index contributed by atoms with van der Waals surface area (Å²) in [6, 6.07) is 17.1. The van der Waals surface area contributed by atoms with Gasteiger partial charge in [0.05, 0.1) is 12.5 Å². The smallest absolute Gasteiger partial charge is 0.227 e. The number of nitrogens with zero attached hydrogens (tertiary/aromatic N) is 3. The van der Waals surface area contributed by atoms with Gasteiger partial charge in [0.15, 0.2) is 0 Å². The lowest BCUT2D eigenvalue weighted by Gasteiger charge is -2.36. The molecule has 5 nitrogen and oxygen atoms in total. The van der Waals surface area contributed by atoms with Crippen LogP contribution >= 0.6 is 22.7 Å². The third kappa shape index (κ3) is 5.27. The molecule has 178 valence electrons. The maximum Gasteiger partial charge on any atom is 0.227 e. The van der Waals surface area contributed by atoms with Gasteiger partial charge in [0.2, 0.25) is 11.8 Å². The molecule has 4 heterocycles. The normalized spacial score (nSPS) is 19.0. The van der Waals surface area contributed by atoms with Crippen LogP contribution < -0.4 is 0 Å². The molecule has 3 aromatic rings. The van der Waals surface area contributed by atoms with E-state index in [9.17, 15) is 9.59 Å². The molecule has 1 unspecified atom stereocenters. The maximum atomic E-state index is 13.2. The summed E-state index contributed by atoms with van der Waals surface area (Å²) in [5.41, 5.74) is 2.69. The number of fused-ring (bicyclic) bond motifs is 1. The van der Waals surface area contributed by atoms with Gasteiger partial charge in [0.1, 0.15) is 0 Å². The third-order valence-electron chi connectivity index (χ3n) is 6.90. The number of amides is 2. The molecule has 7 heteroatoms. The van der Waals surface area contributed by atoms with Crippen molar-refractivity contribution in [2.75, 3.05) is 39.3 Å². The molecule has 1 saturated heterocycles. The zero-order chi connectivity index (χ0) is 23.3. The number of carbonyl (C=O) groups excluding carboxylic acids is 2. The molecule has 5 rings (SSSR count). The van der Waals surface area contributed by atoms with Crippen molar-refractivity contribution in [3.8, 4) is 0 Å². The second-order valence-electron chi connectivity index (χ2n) is 9.02. The van der Waals surface area contributed by atoms with Crippen LogP contribution in [0.2, 0.25) is 0 Å². The molecular weight excluding hydrogens is 462 g/mol. The lowest BCUT2D eigenvalue weighted by molar-refractivity contribution is -0.133. The Morgan fingerprint density at radius 2 is 1.62 bits per heavy atom. The summed E-state index contributed by atoms with van der Waals surface area (Å²) in [6.45, 7) is 4.46. The first-order valence-corrected chi connectivity index (χ1v) is 13.9. The minimum Gasteiger partial charge on any atom is -0.341 e. The summed E-state index contributed by atoms with van der Waals surface area (Å²) in [4.78, 5) is 34.8. The van der Waals surface area contributed by atoms with Crippen LogP contribution in [0.15, 0.2) is 59.3 Å². The monoisotopic (exact) mass is 493 g/mol. The fourth-order valence-corrected chi connectivity index (χ4v) is 6.72. The van der Waals surface area contributed by atoms with Crippen molar-refractivity contribution in [1.82, 2.24) is 14.7 Å². The summed E-state index contributed by atoms with van der Waals surface area (Å²) in [5.74, 6) is 0.373. The predicted octanol–water partition coefficient (Wildman–Crippen LogP) is 4.45. The fraction of sp³-hybridized carbons (Fsp3) is 0.407. The van der Waals surface area contributed by atoms with Crippen molar-refractivity contribution in [2.24, 2.45) is 0 Å². The van der Waals surface area contributed by atoms with Gasteiger partial charge >= 0.3 is 0 Å². The van der Waals surface area contributed by atoms with Crippen LogP contribution in [0.3, 0.4) is 0 Å². The van der Waals surface area contributed by atoms with Gasteiger partial charge in [-0.15, -0.1) is 22.7 Å². The van der Waals surface area contributed by atoms with E-state index in [0.29, 0.717) is 25.9 Å². The Balaban J connectivity index is 1.18. The molecule has 1 aromatic carbocycles. The van der Waals surface area contributed by atoms with Crippen LogP contribution in [-0.4, -0.2) is 65.8 Å². The third-order valence-corrected chi connectivity index (χ3v) is 8.77. The molecule has 2 aromatic heterocycles. The van der Waals surface area contributed by atoms with Gasteiger partial charge in [-0.3, -0.25) is 14.5 Å². The second-order valence-corrected chi connectivity index (χ2v) is 11.1. The molecule has 0 aliphatic carbocycles. The van der Waals surface area contributed by atoms with Gasteiger partial charge in [-0.2, -0.15) is 0 Å². The number of hydrogen-bond donors (Lipinski definition) is 0. The van der Waals surface area contributed by atoms with E-state index in [2.05, 4.69) is 46.7 Å². The molecule has 0 N–H and O–H groups in total. The maximum absolute atomic E-state index is 13.2. The minimum atomic E-state index is 0.169. The Labute approximate surface area is 209 Å². The van der Waals surface area contributed by atoms with Gasteiger partial charge in [0, 0.05) is 55.4 Å². The Bertz CT molecular complexity index is 1100. The molecule has 0 spiro atoms. The summed E-state index contributed by atoms with van der Waals surface area (Å²) < 4.78 is 0. The Hall–Kier alpha value is -2.48. The summed E-state index contributed by atoms with van der Waals surface area (Å²) in [7, 11) is 0. The highest BCUT2D eigenvalue weighted by molar-refractivity contribution is 7.10. The number of benzene rings is 1. The Kier molecular flexibility index (Phi) is 7.42. The van der Waals surface area contributed by atoms with Gasteiger partial charge in [-0.1, -0.05) is 36.4 Å². The van der Waals surface area contributed by atoms with E-state index < -0.39 is 0 Å². The highest BCUT2D eigenvalue weighted by Crippen LogP contribution is 2.37. The van der Waals surface area contributed by atoms with E-state index in [0.717, 1.165) is 43.9 Å². The molecule has 0 saturated carbocycles. The molecule has 0 radical (unpaired) electrons. The zero-order valence-electron chi connectivity index (χ0n) is 19.4. The van der Waals surface area contributed by atoms with E-state index in [1.807, 2.05) is 38.6 Å². The molecule has 34 heavy (non-hydrogen) atoms. The van der Waals surface area contributed by atoms with Crippen LogP contribution in [-0.2, 0) is 22.4 Å². The van der Waals surface area contributed by atoms with E-state index >= 15 is 0 Å². The van der Waals surface area contributed by atoms with Crippen LogP contribution in [0.5, 0.6) is 0 Å². The second kappa shape index (κ2) is 10.8. The molecule has 2 aliphatic rings. The Morgan fingerprint density at radius 1 is 0.824 bits per heavy atom. The first-order chi connectivity index (χ1) is 16.7. The van der Waals surface area contributed by atoms with Crippen molar-refractivity contribution < 1.29 is 9.59 Å². The molecule has 1 atom stereocenters. The largest absolute Gasteiger partial charge is 0.341 e. The standard InChI is InChI=1S/C27H31N3O2S2/c31-25(28-12-5-13-29(17-16-28)26(32)20-22-8-4-18-33-22)10-15-30-14-9-24-23(11-19-34-24)27(30)21-6-2-1-3-7-21/h1-4,6-8,11,18-19,27H,5,9-10,12-17,20H2. The van der Waals surface area contributed by atoms with Crippen LogP contribution in [0.4, 0.5) is 0 Å².